The highest BCUT2D eigenvalue weighted by Gasteiger charge is 2.26. The van der Waals surface area contributed by atoms with E-state index >= 15 is 0 Å². The van der Waals surface area contributed by atoms with Gasteiger partial charge in [-0.15, -0.1) is 11.3 Å². The van der Waals surface area contributed by atoms with Crippen LogP contribution in [-0.4, -0.2) is 48.7 Å². The molecule has 3 aromatic carbocycles. The third kappa shape index (κ3) is 5.31. The molecule has 1 aromatic heterocycles. The van der Waals surface area contributed by atoms with Gasteiger partial charge in [0.1, 0.15) is 34.5 Å². The summed E-state index contributed by atoms with van der Waals surface area (Å²) in [4.78, 5) is 16.2. The predicted octanol–water partition coefficient (Wildman–Crippen LogP) is 6.67. The summed E-state index contributed by atoms with van der Waals surface area (Å²) in [5.74, 6) is 1.20. The van der Waals surface area contributed by atoms with Crippen molar-refractivity contribution in [3.8, 4) is 23.0 Å². The maximum atomic E-state index is 13.9. The first kappa shape index (κ1) is 25.2. The number of alkyl halides is 1. The molecule has 0 amide bonds. The Balaban J connectivity index is 1.37. The molecule has 0 aliphatic carbocycles. The van der Waals surface area contributed by atoms with Gasteiger partial charge in [0.25, 0.3) is 0 Å². The van der Waals surface area contributed by atoms with Gasteiger partial charge in [-0.25, -0.2) is 4.39 Å². The molecule has 8 heteroatoms. The molecule has 2 heterocycles. The number of ether oxygens (including phenoxy) is 2. The van der Waals surface area contributed by atoms with Gasteiger partial charge in [-0.05, 0) is 79.6 Å². The van der Waals surface area contributed by atoms with Crippen molar-refractivity contribution in [3.63, 3.8) is 0 Å². The number of benzene rings is 3. The minimum absolute atomic E-state index is 0.0911. The number of ketones is 1. The van der Waals surface area contributed by atoms with Crippen molar-refractivity contribution in [2.45, 2.75) is 13.8 Å². The Hall–Kier alpha value is -3.49. The minimum Gasteiger partial charge on any atom is -0.508 e. The SMILES string of the molecule is Cc1cc(F)cc(C)c1C(=O)c1sc2cc(O)ccc2c1Oc1ccc(OCCN2CC(CF)C2)cc1. The number of rotatable bonds is 9. The fraction of sp³-hybridized carbons (Fsp3) is 0.276. The lowest BCUT2D eigenvalue weighted by atomic mass is 9.97. The molecular formula is C29H27F2NO4S. The molecule has 5 nitrogen and oxygen atoms in total. The first-order chi connectivity index (χ1) is 17.8. The summed E-state index contributed by atoms with van der Waals surface area (Å²) in [6.45, 7) is 5.96. The number of halogens is 2. The molecule has 0 saturated carbocycles. The van der Waals surface area contributed by atoms with Crippen LogP contribution in [0.1, 0.15) is 26.4 Å². The van der Waals surface area contributed by atoms with E-state index in [9.17, 15) is 18.7 Å². The number of thiophene rings is 1. The largest absolute Gasteiger partial charge is 0.508 e. The monoisotopic (exact) mass is 523 g/mol. The molecule has 1 saturated heterocycles. The van der Waals surface area contributed by atoms with E-state index in [1.807, 2.05) is 0 Å². The van der Waals surface area contributed by atoms with Crippen LogP contribution in [0.25, 0.3) is 10.1 Å². The number of phenols is 1. The number of likely N-dealkylation sites (tertiary alicyclic amines) is 1. The molecule has 1 fully saturated rings. The zero-order chi connectivity index (χ0) is 26.1. The summed E-state index contributed by atoms with van der Waals surface area (Å²) in [5, 5.41) is 10.7. The molecule has 0 unspecified atom stereocenters. The van der Waals surface area contributed by atoms with Gasteiger partial charge in [0.05, 0.1) is 6.67 Å². The second kappa shape index (κ2) is 10.5. The Morgan fingerprint density at radius 2 is 1.73 bits per heavy atom. The van der Waals surface area contributed by atoms with Crippen molar-refractivity contribution >= 4 is 27.2 Å². The average Bonchev–Trinajstić information content (AvgIpc) is 3.18. The van der Waals surface area contributed by atoms with Gasteiger partial charge in [-0.2, -0.15) is 0 Å². The summed E-state index contributed by atoms with van der Waals surface area (Å²) in [6, 6.07) is 14.7. The van der Waals surface area contributed by atoms with Gasteiger partial charge >= 0.3 is 0 Å². The normalized spacial score (nSPS) is 14.1. The van der Waals surface area contributed by atoms with Crippen molar-refractivity contribution in [3.05, 3.63) is 82.0 Å². The van der Waals surface area contributed by atoms with Gasteiger partial charge in [-0.1, -0.05) is 0 Å². The van der Waals surface area contributed by atoms with E-state index in [0.717, 1.165) is 19.6 Å². The van der Waals surface area contributed by atoms with Crippen LogP contribution in [-0.2, 0) is 0 Å². The van der Waals surface area contributed by atoms with Crippen molar-refractivity contribution in [1.82, 2.24) is 4.90 Å². The van der Waals surface area contributed by atoms with Gasteiger partial charge in [0.2, 0.25) is 5.78 Å². The van der Waals surface area contributed by atoms with Crippen LogP contribution in [0.5, 0.6) is 23.0 Å². The topological polar surface area (TPSA) is 59.0 Å². The van der Waals surface area contributed by atoms with E-state index in [1.165, 1.54) is 23.5 Å². The van der Waals surface area contributed by atoms with Crippen LogP contribution in [0.2, 0.25) is 0 Å². The molecule has 1 aliphatic heterocycles. The third-order valence-corrected chi connectivity index (χ3v) is 7.66. The Morgan fingerprint density at radius 1 is 1.05 bits per heavy atom. The second-order valence-electron chi connectivity index (χ2n) is 9.39. The molecule has 0 bridgehead atoms. The third-order valence-electron chi connectivity index (χ3n) is 6.53. The summed E-state index contributed by atoms with van der Waals surface area (Å²) in [6.07, 6.45) is 0. The highest BCUT2D eigenvalue weighted by Crippen LogP contribution is 2.43. The molecule has 0 radical (unpaired) electrons. The molecule has 0 atom stereocenters. The smallest absolute Gasteiger partial charge is 0.207 e. The van der Waals surface area contributed by atoms with Gasteiger partial charge < -0.3 is 14.6 Å². The number of fused-ring (bicyclic) bond motifs is 1. The predicted molar refractivity (Wildman–Crippen MR) is 141 cm³/mol. The number of aryl methyl sites for hydroxylation is 2. The summed E-state index contributed by atoms with van der Waals surface area (Å²) < 4.78 is 39.2. The van der Waals surface area contributed by atoms with Crippen LogP contribution in [0.15, 0.2) is 54.6 Å². The molecule has 0 spiro atoms. The zero-order valence-electron chi connectivity index (χ0n) is 20.6. The Kier molecular flexibility index (Phi) is 7.13. The first-order valence-corrected chi connectivity index (χ1v) is 12.9. The fourth-order valence-corrected chi connectivity index (χ4v) is 5.78. The highest BCUT2D eigenvalue weighted by atomic mass is 32.1. The van der Waals surface area contributed by atoms with E-state index in [1.54, 1.807) is 56.3 Å². The number of hydrogen-bond donors (Lipinski definition) is 1. The van der Waals surface area contributed by atoms with Crippen LogP contribution in [0, 0.1) is 25.6 Å². The van der Waals surface area contributed by atoms with Crippen molar-refractivity contribution in [2.75, 3.05) is 32.9 Å². The number of aromatic hydroxyl groups is 1. The molecule has 37 heavy (non-hydrogen) atoms. The van der Waals surface area contributed by atoms with E-state index in [2.05, 4.69) is 4.90 Å². The van der Waals surface area contributed by atoms with Gasteiger partial charge in [-0.3, -0.25) is 14.1 Å². The number of carbonyl (C=O) groups is 1. The quantitative estimate of drug-likeness (QED) is 0.249. The van der Waals surface area contributed by atoms with Crippen LogP contribution < -0.4 is 9.47 Å². The van der Waals surface area contributed by atoms with Crippen molar-refractivity contribution < 1.29 is 28.2 Å². The van der Waals surface area contributed by atoms with Crippen LogP contribution in [0.3, 0.4) is 0 Å². The number of hydrogen-bond acceptors (Lipinski definition) is 6. The summed E-state index contributed by atoms with van der Waals surface area (Å²) >= 11 is 1.23. The minimum atomic E-state index is -0.388. The lowest BCUT2D eigenvalue weighted by molar-refractivity contribution is 0.0668. The molecule has 192 valence electrons. The van der Waals surface area contributed by atoms with E-state index in [4.69, 9.17) is 9.47 Å². The number of nitrogens with zero attached hydrogens (tertiary/aromatic N) is 1. The zero-order valence-corrected chi connectivity index (χ0v) is 21.4. The maximum absolute atomic E-state index is 13.9. The Labute approximate surface area is 217 Å². The Morgan fingerprint density at radius 3 is 2.41 bits per heavy atom. The molecule has 1 aliphatic rings. The maximum Gasteiger partial charge on any atom is 0.207 e. The fourth-order valence-electron chi connectivity index (χ4n) is 4.67. The van der Waals surface area contributed by atoms with E-state index in [-0.39, 0.29) is 29.9 Å². The van der Waals surface area contributed by atoms with Crippen LogP contribution >= 0.6 is 11.3 Å². The van der Waals surface area contributed by atoms with Gasteiger partial charge in [0.15, 0.2) is 5.75 Å². The molecular weight excluding hydrogens is 496 g/mol. The van der Waals surface area contributed by atoms with Crippen molar-refractivity contribution in [1.29, 1.82) is 0 Å². The lowest BCUT2D eigenvalue weighted by Crippen LogP contribution is -2.49. The Bertz CT molecular complexity index is 1420. The molecule has 4 aromatic rings. The molecule has 5 rings (SSSR count). The first-order valence-electron chi connectivity index (χ1n) is 12.1. The number of phenolic OH excluding ortho intramolecular Hbond substituents is 1. The average molecular weight is 524 g/mol. The second-order valence-corrected chi connectivity index (χ2v) is 10.4. The van der Waals surface area contributed by atoms with Crippen LogP contribution in [0.4, 0.5) is 8.78 Å². The lowest BCUT2D eigenvalue weighted by Gasteiger charge is -2.37. The standard InChI is InChI=1S/C29H27F2NO4S/c1-17-11-20(31)12-18(2)26(17)27(34)29-28(24-8-3-21(33)13-25(24)37-29)36-23-6-4-22(5-7-23)35-10-9-32-15-19(14-30)16-32/h3-8,11-13,19,33H,9-10,14-16H2,1-2H3. The number of carbonyl (C=O) groups excluding carboxylic acids is 1. The van der Waals surface area contributed by atoms with E-state index in [0.29, 0.717) is 55.5 Å². The summed E-state index contributed by atoms with van der Waals surface area (Å²) in [7, 11) is 0. The molecule has 1 N–H and O–H groups in total. The van der Waals surface area contributed by atoms with Gasteiger partial charge in [0, 0.05) is 41.2 Å². The van der Waals surface area contributed by atoms with Crippen molar-refractivity contribution in [2.24, 2.45) is 5.92 Å². The van der Waals surface area contributed by atoms with E-state index < -0.39 is 0 Å². The highest BCUT2D eigenvalue weighted by molar-refractivity contribution is 7.21. The summed E-state index contributed by atoms with van der Waals surface area (Å²) in [5.41, 5.74) is 1.54.